The van der Waals surface area contributed by atoms with Crippen LogP contribution in [0.1, 0.15) is 6.92 Å². The van der Waals surface area contributed by atoms with Crippen molar-refractivity contribution in [1.82, 2.24) is 0 Å². The second kappa shape index (κ2) is 5.54. The average molecular weight is 297 g/mol. The van der Waals surface area contributed by atoms with Gasteiger partial charge in [-0.2, -0.15) is 0 Å². The summed E-state index contributed by atoms with van der Waals surface area (Å²) in [6, 6.07) is 2.56. The van der Waals surface area contributed by atoms with E-state index in [4.69, 9.17) is 9.84 Å². The zero-order valence-corrected chi connectivity index (χ0v) is 11.3. The maximum absolute atomic E-state index is 11.3. The van der Waals surface area contributed by atoms with Crippen LogP contribution >= 0.6 is 0 Å². The molecular formula is C12H15N3O6. The zero-order chi connectivity index (χ0) is 15.6. The Morgan fingerprint density at radius 3 is 2.90 bits per heavy atom. The number of hydrogen-bond donors (Lipinski definition) is 4. The Balaban J connectivity index is 2.32. The number of fused-ring (bicyclic) bond motifs is 1. The number of nitro groups is 1. The maximum Gasteiger partial charge on any atom is 0.296 e. The number of hydrogen-bond acceptors (Lipinski definition) is 7. The number of nitro benzene ring substituents is 1. The fraction of sp³-hybridized carbons (Fsp3) is 0.417. The molecule has 114 valence electrons. The number of aliphatic hydroxyl groups is 2. The Kier molecular flexibility index (Phi) is 3.96. The van der Waals surface area contributed by atoms with Gasteiger partial charge in [0.1, 0.15) is 11.3 Å². The van der Waals surface area contributed by atoms with Gasteiger partial charge < -0.3 is 25.6 Å². The van der Waals surface area contributed by atoms with E-state index in [0.29, 0.717) is 5.69 Å². The smallest absolute Gasteiger partial charge is 0.296 e. The second-order valence-corrected chi connectivity index (χ2v) is 4.97. The van der Waals surface area contributed by atoms with E-state index in [0.717, 1.165) is 0 Å². The van der Waals surface area contributed by atoms with E-state index >= 15 is 0 Å². The minimum atomic E-state index is -1.43. The summed E-state index contributed by atoms with van der Waals surface area (Å²) >= 11 is 0. The summed E-state index contributed by atoms with van der Waals surface area (Å²) in [5.74, 6) is -0.148. The first-order valence-corrected chi connectivity index (χ1v) is 6.14. The van der Waals surface area contributed by atoms with Crippen molar-refractivity contribution in [3.63, 3.8) is 0 Å². The topological polar surface area (TPSA) is 134 Å². The quantitative estimate of drug-likeness (QED) is 0.446. The molecule has 1 aliphatic rings. The number of carbonyl (C=O) groups is 1. The molecule has 2 rings (SSSR count). The van der Waals surface area contributed by atoms with Crippen molar-refractivity contribution < 1.29 is 24.7 Å². The van der Waals surface area contributed by atoms with Gasteiger partial charge >= 0.3 is 0 Å². The number of aliphatic hydroxyl groups excluding tert-OH is 1. The number of amides is 1. The Morgan fingerprint density at radius 1 is 1.57 bits per heavy atom. The Labute approximate surface area is 119 Å². The predicted molar refractivity (Wildman–Crippen MR) is 73.4 cm³/mol. The Morgan fingerprint density at radius 2 is 2.29 bits per heavy atom. The van der Waals surface area contributed by atoms with Crippen LogP contribution < -0.4 is 15.4 Å². The summed E-state index contributed by atoms with van der Waals surface area (Å²) in [5, 5.41) is 35.0. The number of carbonyl (C=O) groups excluding carboxylic acids is 1. The molecule has 1 atom stereocenters. The molecular weight excluding hydrogens is 282 g/mol. The molecule has 0 spiro atoms. The highest BCUT2D eigenvalue weighted by Crippen LogP contribution is 2.37. The third kappa shape index (κ3) is 3.38. The van der Waals surface area contributed by atoms with Gasteiger partial charge in [-0.25, -0.2) is 0 Å². The largest absolute Gasteiger partial charge is 0.481 e. The number of nitrogens with zero attached hydrogens (tertiary/aromatic N) is 1. The van der Waals surface area contributed by atoms with Gasteiger partial charge in [0.25, 0.3) is 11.6 Å². The fourth-order valence-electron chi connectivity index (χ4n) is 1.75. The first-order chi connectivity index (χ1) is 9.82. The van der Waals surface area contributed by atoms with Crippen LogP contribution in [0.3, 0.4) is 0 Å². The summed E-state index contributed by atoms with van der Waals surface area (Å²) < 4.78 is 5.11. The first-order valence-electron chi connectivity index (χ1n) is 6.14. The molecule has 0 fully saturated rings. The number of nitrogens with one attached hydrogen (secondary N) is 2. The van der Waals surface area contributed by atoms with Crippen LogP contribution in [0.2, 0.25) is 0 Å². The molecule has 21 heavy (non-hydrogen) atoms. The summed E-state index contributed by atoms with van der Waals surface area (Å²) in [7, 11) is 0. The lowest BCUT2D eigenvalue weighted by atomic mass is 10.1. The van der Waals surface area contributed by atoms with Crippen molar-refractivity contribution in [3.8, 4) is 5.75 Å². The van der Waals surface area contributed by atoms with Crippen LogP contribution in [0.5, 0.6) is 5.75 Å². The molecule has 1 heterocycles. The predicted octanol–water partition coefficient (Wildman–Crippen LogP) is 0.0809. The Bertz CT molecular complexity index is 587. The molecule has 0 aliphatic carbocycles. The number of anilines is 2. The summed E-state index contributed by atoms with van der Waals surface area (Å²) in [6.07, 6.45) is 0. The fourth-order valence-corrected chi connectivity index (χ4v) is 1.75. The van der Waals surface area contributed by atoms with Crippen molar-refractivity contribution in [2.45, 2.75) is 12.5 Å². The highest BCUT2D eigenvalue weighted by atomic mass is 16.6. The van der Waals surface area contributed by atoms with E-state index in [-0.39, 0.29) is 36.2 Å². The monoisotopic (exact) mass is 297 g/mol. The van der Waals surface area contributed by atoms with Crippen molar-refractivity contribution in [1.29, 1.82) is 0 Å². The average Bonchev–Trinajstić information content (AvgIpc) is 2.44. The molecule has 0 saturated heterocycles. The Hall–Kier alpha value is -2.39. The third-order valence-electron chi connectivity index (χ3n) is 2.93. The molecule has 9 nitrogen and oxygen atoms in total. The zero-order valence-electron chi connectivity index (χ0n) is 11.3. The molecule has 1 aromatic carbocycles. The van der Waals surface area contributed by atoms with Crippen molar-refractivity contribution >= 4 is 23.0 Å². The lowest BCUT2D eigenvalue weighted by Crippen LogP contribution is -2.37. The molecule has 0 aromatic heterocycles. The number of ether oxygens (including phenoxy) is 1. The van der Waals surface area contributed by atoms with Gasteiger partial charge in [0.15, 0.2) is 12.4 Å². The van der Waals surface area contributed by atoms with Crippen LogP contribution in [0.4, 0.5) is 17.1 Å². The molecule has 1 amide bonds. The second-order valence-electron chi connectivity index (χ2n) is 4.97. The molecule has 0 radical (unpaired) electrons. The molecule has 1 aliphatic heterocycles. The minimum Gasteiger partial charge on any atom is -0.481 e. The highest BCUT2D eigenvalue weighted by molar-refractivity contribution is 5.96. The normalized spacial score (nSPS) is 16.2. The highest BCUT2D eigenvalue weighted by Gasteiger charge is 2.25. The van der Waals surface area contributed by atoms with Crippen LogP contribution in [0.15, 0.2) is 12.1 Å². The van der Waals surface area contributed by atoms with Crippen molar-refractivity contribution in [3.05, 3.63) is 22.2 Å². The van der Waals surface area contributed by atoms with Gasteiger partial charge in [-0.3, -0.25) is 14.9 Å². The lowest BCUT2D eigenvalue weighted by molar-refractivity contribution is -0.384. The van der Waals surface area contributed by atoms with E-state index in [1.807, 2.05) is 0 Å². The van der Waals surface area contributed by atoms with E-state index in [2.05, 4.69) is 10.6 Å². The molecule has 4 N–H and O–H groups in total. The summed E-state index contributed by atoms with van der Waals surface area (Å²) in [5.41, 5.74) is -1.26. The first kappa shape index (κ1) is 15.0. The van der Waals surface area contributed by atoms with Gasteiger partial charge in [-0.1, -0.05) is 0 Å². The van der Waals surface area contributed by atoms with Gasteiger partial charge in [-0.15, -0.1) is 0 Å². The van der Waals surface area contributed by atoms with Gasteiger partial charge in [0.05, 0.1) is 23.3 Å². The standard InChI is InChI=1S/C12H15N3O6/c1-12(18,6-16)5-13-7-2-8-10(3-9(7)15(19)20)21-4-11(17)14-8/h2-3,13,16,18H,4-6H2,1H3,(H,14,17). The van der Waals surface area contributed by atoms with E-state index in [1.54, 1.807) is 0 Å². The summed E-state index contributed by atoms with van der Waals surface area (Å²) in [4.78, 5) is 21.7. The molecule has 0 saturated carbocycles. The van der Waals surface area contributed by atoms with Crippen LogP contribution in [-0.4, -0.2) is 46.4 Å². The van der Waals surface area contributed by atoms with Gasteiger partial charge in [0.2, 0.25) is 0 Å². The van der Waals surface area contributed by atoms with E-state index in [9.17, 15) is 20.0 Å². The minimum absolute atomic E-state index is 0.0993. The van der Waals surface area contributed by atoms with Crippen LogP contribution in [0.25, 0.3) is 0 Å². The van der Waals surface area contributed by atoms with E-state index < -0.39 is 17.1 Å². The molecule has 1 unspecified atom stereocenters. The van der Waals surface area contributed by atoms with Crippen LogP contribution in [-0.2, 0) is 4.79 Å². The maximum atomic E-state index is 11.3. The molecule has 0 bridgehead atoms. The molecule has 1 aromatic rings. The van der Waals surface area contributed by atoms with Crippen LogP contribution in [0, 0.1) is 10.1 Å². The van der Waals surface area contributed by atoms with Gasteiger partial charge in [-0.05, 0) is 13.0 Å². The van der Waals surface area contributed by atoms with Crippen molar-refractivity contribution in [2.24, 2.45) is 0 Å². The summed E-state index contributed by atoms with van der Waals surface area (Å²) in [6.45, 7) is 0.585. The number of rotatable bonds is 5. The van der Waals surface area contributed by atoms with Gasteiger partial charge in [0, 0.05) is 6.54 Å². The van der Waals surface area contributed by atoms with E-state index in [1.165, 1.54) is 19.1 Å². The SMILES string of the molecule is CC(O)(CO)CNc1cc2c(cc1[N+](=O)[O-])OCC(=O)N2. The third-order valence-corrected chi connectivity index (χ3v) is 2.93. The lowest BCUT2D eigenvalue weighted by Gasteiger charge is -2.23. The number of benzene rings is 1. The molecule has 9 heteroatoms. The van der Waals surface area contributed by atoms with Crippen molar-refractivity contribution in [2.75, 3.05) is 30.4 Å².